The SMILES string of the molecule is COc1cc([N+](=O)[O-])c2nc(N)ccc2c1. The number of rotatable bonds is 2. The lowest BCUT2D eigenvalue weighted by Gasteiger charge is -2.03. The minimum absolute atomic E-state index is 0.110. The van der Waals surface area contributed by atoms with E-state index in [1.54, 1.807) is 18.2 Å². The summed E-state index contributed by atoms with van der Waals surface area (Å²) in [6.45, 7) is 0. The molecular weight excluding hydrogens is 210 g/mol. The number of pyridine rings is 1. The molecule has 0 amide bonds. The van der Waals surface area contributed by atoms with Crippen molar-refractivity contribution in [1.29, 1.82) is 0 Å². The second kappa shape index (κ2) is 3.65. The van der Waals surface area contributed by atoms with Gasteiger partial charge < -0.3 is 10.5 Å². The first-order chi connectivity index (χ1) is 7.61. The highest BCUT2D eigenvalue weighted by Crippen LogP contribution is 2.29. The smallest absolute Gasteiger partial charge is 0.299 e. The maximum absolute atomic E-state index is 10.9. The van der Waals surface area contributed by atoms with E-state index in [0.717, 1.165) is 0 Å². The molecule has 0 fully saturated rings. The summed E-state index contributed by atoms with van der Waals surface area (Å²) in [6, 6.07) is 6.27. The van der Waals surface area contributed by atoms with Gasteiger partial charge in [-0.3, -0.25) is 10.1 Å². The number of benzene rings is 1. The highest BCUT2D eigenvalue weighted by molar-refractivity contribution is 5.89. The van der Waals surface area contributed by atoms with Crippen LogP contribution in [0.4, 0.5) is 11.5 Å². The van der Waals surface area contributed by atoms with E-state index in [2.05, 4.69) is 4.98 Å². The molecule has 1 aromatic carbocycles. The van der Waals surface area contributed by atoms with Crippen molar-refractivity contribution in [1.82, 2.24) is 4.98 Å². The molecule has 0 aliphatic rings. The minimum Gasteiger partial charge on any atom is -0.496 e. The van der Waals surface area contributed by atoms with E-state index < -0.39 is 4.92 Å². The number of non-ortho nitro benzene ring substituents is 1. The number of aromatic nitrogens is 1. The number of nitrogens with zero attached hydrogens (tertiary/aromatic N) is 2. The predicted octanol–water partition coefficient (Wildman–Crippen LogP) is 1.73. The monoisotopic (exact) mass is 219 g/mol. The molecule has 0 radical (unpaired) electrons. The van der Waals surface area contributed by atoms with Crippen molar-refractivity contribution in [3.63, 3.8) is 0 Å². The highest BCUT2D eigenvalue weighted by atomic mass is 16.6. The third-order valence-corrected chi connectivity index (χ3v) is 2.20. The van der Waals surface area contributed by atoms with E-state index in [0.29, 0.717) is 11.1 Å². The van der Waals surface area contributed by atoms with Crippen molar-refractivity contribution < 1.29 is 9.66 Å². The van der Waals surface area contributed by atoms with E-state index in [4.69, 9.17) is 10.5 Å². The topological polar surface area (TPSA) is 91.3 Å². The summed E-state index contributed by atoms with van der Waals surface area (Å²) in [7, 11) is 1.45. The maximum atomic E-state index is 10.9. The molecule has 0 unspecified atom stereocenters. The summed E-state index contributed by atoms with van der Waals surface area (Å²) < 4.78 is 4.98. The van der Waals surface area contributed by atoms with Crippen molar-refractivity contribution >= 4 is 22.4 Å². The van der Waals surface area contributed by atoms with E-state index in [1.807, 2.05) is 0 Å². The molecule has 1 aromatic heterocycles. The fraction of sp³-hybridized carbons (Fsp3) is 0.100. The Kier molecular flexibility index (Phi) is 2.32. The van der Waals surface area contributed by atoms with Crippen LogP contribution >= 0.6 is 0 Å². The Labute approximate surface area is 90.8 Å². The van der Waals surface area contributed by atoms with Gasteiger partial charge in [0.15, 0.2) is 5.52 Å². The Balaban J connectivity index is 2.82. The average Bonchev–Trinajstić information content (AvgIpc) is 2.27. The molecule has 0 atom stereocenters. The average molecular weight is 219 g/mol. The van der Waals surface area contributed by atoms with Gasteiger partial charge in [-0.1, -0.05) is 0 Å². The molecule has 1 heterocycles. The van der Waals surface area contributed by atoms with Crippen molar-refractivity contribution in [3.8, 4) is 5.75 Å². The molecule has 0 aliphatic carbocycles. The predicted molar refractivity (Wildman–Crippen MR) is 59.4 cm³/mol. The Morgan fingerprint density at radius 1 is 1.44 bits per heavy atom. The molecule has 2 N–H and O–H groups in total. The van der Waals surface area contributed by atoms with E-state index in [1.165, 1.54) is 13.2 Å². The lowest BCUT2D eigenvalue weighted by Crippen LogP contribution is -1.96. The van der Waals surface area contributed by atoms with Gasteiger partial charge in [-0.05, 0) is 18.2 Å². The lowest BCUT2D eigenvalue weighted by atomic mass is 10.2. The first-order valence-corrected chi connectivity index (χ1v) is 4.50. The Morgan fingerprint density at radius 2 is 2.19 bits per heavy atom. The summed E-state index contributed by atoms with van der Waals surface area (Å²) in [4.78, 5) is 14.3. The maximum Gasteiger partial charge on any atom is 0.299 e. The van der Waals surface area contributed by atoms with Gasteiger partial charge in [-0.25, -0.2) is 4.98 Å². The first-order valence-electron chi connectivity index (χ1n) is 4.50. The number of nitro groups is 1. The van der Waals surface area contributed by atoms with Gasteiger partial charge in [0.25, 0.3) is 5.69 Å². The summed E-state index contributed by atoms with van der Waals surface area (Å²) in [5.41, 5.74) is 5.66. The number of methoxy groups -OCH3 is 1. The number of hydrogen-bond donors (Lipinski definition) is 1. The Hall–Kier alpha value is -2.37. The van der Waals surface area contributed by atoms with Crippen LogP contribution in [0.1, 0.15) is 0 Å². The number of fused-ring (bicyclic) bond motifs is 1. The van der Waals surface area contributed by atoms with Crippen molar-refractivity contribution in [2.45, 2.75) is 0 Å². The van der Waals surface area contributed by atoms with Gasteiger partial charge in [-0.2, -0.15) is 0 Å². The number of nitrogen functional groups attached to an aromatic ring is 1. The van der Waals surface area contributed by atoms with Crippen molar-refractivity contribution in [2.24, 2.45) is 0 Å². The van der Waals surface area contributed by atoms with E-state index in [9.17, 15) is 10.1 Å². The van der Waals surface area contributed by atoms with Crippen LogP contribution in [0.5, 0.6) is 5.75 Å². The van der Waals surface area contributed by atoms with Crippen molar-refractivity contribution in [2.75, 3.05) is 12.8 Å². The van der Waals surface area contributed by atoms with Gasteiger partial charge in [0, 0.05) is 5.39 Å². The number of nitrogens with two attached hydrogens (primary N) is 1. The van der Waals surface area contributed by atoms with Crippen LogP contribution in [0.15, 0.2) is 24.3 Å². The zero-order valence-electron chi connectivity index (χ0n) is 8.51. The molecular formula is C10H9N3O3. The Bertz CT molecular complexity index is 568. The standard InChI is InChI=1S/C10H9N3O3/c1-16-7-4-6-2-3-9(11)12-10(6)8(5-7)13(14)15/h2-5H,1H3,(H2,11,12). The molecule has 0 spiro atoms. The van der Waals surface area contributed by atoms with Crippen LogP contribution in [0.3, 0.4) is 0 Å². The zero-order chi connectivity index (χ0) is 11.7. The van der Waals surface area contributed by atoms with Crippen LogP contribution < -0.4 is 10.5 Å². The third-order valence-electron chi connectivity index (χ3n) is 2.20. The fourth-order valence-electron chi connectivity index (χ4n) is 1.46. The molecule has 16 heavy (non-hydrogen) atoms. The van der Waals surface area contributed by atoms with Gasteiger partial charge in [-0.15, -0.1) is 0 Å². The van der Waals surface area contributed by atoms with Crippen LogP contribution in [0.2, 0.25) is 0 Å². The molecule has 0 aliphatic heterocycles. The zero-order valence-corrected chi connectivity index (χ0v) is 8.51. The summed E-state index contributed by atoms with van der Waals surface area (Å²) in [5, 5.41) is 11.5. The molecule has 6 heteroatoms. The fourth-order valence-corrected chi connectivity index (χ4v) is 1.46. The number of hydrogen-bond acceptors (Lipinski definition) is 5. The quantitative estimate of drug-likeness (QED) is 0.613. The number of nitro benzene ring substituents is 1. The van der Waals surface area contributed by atoms with Gasteiger partial charge in [0.1, 0.15) is 11.6 Å². The second-order valence-corrected chi connectivity index (χ2v) is 3.21. The van der Waals surface area contributed by atoms with Gasteiger partial charge in [0.05, 0.1) is 18.1 Å². The normalized spacial score (nSPS) is 10.3. The lowest BCUT2D eigenvalue weighted by molar-refractivity contribution is -0.383. The van der Waals surface area contributed by atoms with Gasteiger partial charge >= 0.3 is 0 Å². The Morgan fingerprint density at radius 3 is 2.81 bits per heavy atom. The molecule has 2 aromatic rings. The first kappa shape index (κ1) is 10.2. The molecule has 82 valence electrons. The van der Waals surface area contributed by atoms with Crippen molar-refractivity contribution in [3.05, 3.63) is 34.4 Å². The highest BCUT2D eigenvalue weighted by Gasteiger charge is 2.15. The number of ether oxygens (including phenoxy) is 1. The third kappa shape index (κ3) is 1.60. The van der Waals surface area contributed by atoms with Crippen LogP contribution in [0.25, 0.3) is 10.9 Å². The summed E-state index contributed by atoms with van der Waals surface area (Å²) in [5.74, 6) is 0.673. The van der Waals surface area contributed by atoms with Crippen LogP contribution in [0, 0.1) is 10.1 Å². The molecule has 0 saturated heterocycles. The van der Waals surface area contributed by atoms with Crippen LogP contribution in [-0.4, -0.2) is 17.0 Å². The minimum atomic E-state index is -0.503. The van der Waals surface area contributed by atoms with E-state index >= 15 is 0 Å². The summed E-state index contributed by atoms with van der Waals surface area (Å²) >= 11 is 0. The molecule has 0 bridgehead atoms. The molecule has 6 nitrogen and oxygen atoms in total. The van der Waals surface area contributed by atoms with Crippen LogP contribution in [-0.2, 0) is 0 Å². The number of anilines is 1. The van der Waals surface area contributed by atoms with Gasteiger partial charge in [0.2, 0.25) is 0 Å². The largest absolute Gasteiger partial charge is 0.496 e. The summed E-state index contributed by atoms with van der Waals surface area (Å²) in [6.07, 6.45) is 0. The second-order valence-electron chi connectivity index (χ2n) is 3.21. The van der Waals surface area contributed by atoms with E-state index in [-0.39, 0.29) is 17.0 Å². The molecule has 2 rings (SSSR count). The molecule has 0 saturated carbocycles.